The average molecular weight is 426 g/mol. The first-order valence-corrected chi connectivity index (χ1v) is 9.18. The molecular weight excluding hydrogens is 407 g/mol. The Morgan fingerprint density at radius 3 is 2.45 bits per heavy atom. The number of amides is 1. The molecule has 0 spiro atoms. The summed E-state index contributed by atoms with van der Waals surface area (Å²) >= 11 is 5.93. The second-order valence-electron chi connectivity index (χ2n) is 6.83. The SMILES string of the molecule is Cc1nc(C(F)(F)F)cn1CC(=O)Nc1cnn(-c2ccc(Cl)cc2)c1C(C)C. The van der Waals surface area contributed by atoms with Crippen LogP contribution in [0.3, 0.4) is 0 Å². The van der Waals surface area contributed by atoms with Crippen LogP contribution in [0.15, 0.2) is 36.7 Å². The Morgan fingerprint density at radius 2 is 1.90 bits per heavy atom. The smallest absolute Gasteiger partial charge is 0.325 e. The van der Waals surface area contributed by atoms with Crippen molar-refractivity contribution < 1.29 is 18.0 Å². The van der Waals surface area contributed by atoms with E-state index in [1.54, 1.807) is 28.9 Å². The van der Waals surface area contributed by atoms with Crippen molar-refractivity contribution in [3.8, 4) is 5.69 Å². The molecule has 0 atom stereocenters. The number of aromatic nitrogens is 4. The quantitative estimate of drug-likeness (QED) is 0.638. The van der Waals surface area contributed by atoms with Gasteiger partial charge in [-0.1, -0.05) is 25.4 Å². The molecule has 2 heterocycles. The molecule has 0 aliphatic rings. The molecule has 1 amide bonds. The van der Waals surface area contributed by atoms with Crippen molar-refractivity contribution >= 4 is 23.2 Å². The van der Waals surface area contributed by atoms with E-state index in [-0.39, 0.29) is 18.3 Å². The second-order valence-corrected chi connectivity index (χ2v) is 7.27. The van der Waals surface area contributed by atoms with Gasteiger partial charge in [-0.3, -0.25) is 4.79 Å². The van der Waals surface area contributed by atoms with Gasteiger partial charge in [0.1, 0.15) is 12.4 Å². The Kier molecular flexibility index (Phi) is 5.70. The van der Waals surface area contributed by atoms with Crippen LogP contribution in [0.25, 0.3) is 5.69 Å². The van der Waals surface area contributed by atoms with Crippen molar-refractivity contribution in [1.29, 1.82) is 0 Å². The van der Waals surface area contributed by atoms with Crippen molar-refractivity contribution in [1.82, 2.24) is 19.3 Å². The molecule has 0 saturated heterocycles. The normalized spacial score (nSPS) is 11.9. The Balaban J connectivity index is 1.82. The van der Waals surface area contributed by atoms with Gasteiger partial charge in [0.05, 0.1) is 23.3 Å². The summed E-state index contributed by atoms with van der Waals surface area (Å²) < 4.78 is 41.3. The molecule has 3 rings (SSSR count). The number of hydrogen-bond acceptors (Lipinski definition) is 3. The fraction of sp³-hybridized carbons (Fsp3) is 0.316. The first kappa shape index (κ1) is 20.9. The van der Waals surface area contributed by atoms with Gasteiger partial charge in [-0.2, -0.15) is 18.3 Å². The first-order chi connectivity index (χ1) is 13.6. The molecule has 154 valence electrons. The molecule has 1 aromatic carbocycles. The van der Waals surface area contributed by atoms with E-state index in [1.807, 2.05) is 13.8 Å². The fourth-order valence-electron chi connectivity index (χ4n) is 2.95. The number of benzene rings is 1. The summed E-state index contributed by atoms with van der Waals surface area (Å²) in [5.41, 5.74) is 1.01. The lowest BCUT2D eigenvalue weighted by atomic mass is 10.1. The third-order valence-corrected chi connectivity index (χ3v) is 4.53. The number of halogens is 4. The van der Waals surface area contributed by atoms with Crippen LogP contribution in [0.4, 0.5) is 18.9 Å². The highest BCUT2D eigenvalue weighted by Gasteiger charge is 2.34. The molecule has 0 fully saturated rings. The molecular formula is C19H19ClF3N5O. The Morgan fingerprint density at radius 1 is 1.24 bits per heavy atom. The van der Waals surface area contributed by atoms with Gasteiger partial charge in [0.2, 0.25) is 5.91 Å². The predicted molar refractivity (Wildman–Crippen MR) is 103 cm³/mol. The van der Waals surface area contributed by atoms with E-state index < -0.39 is 17.8 Å². The van der Waals surface area contributed by atoms with Crippen molar-refractivity contribution in [3.05, 3.63) is 58.9 Å². The molecule has 0 bridgehead atoms. The summed E-state index contributed by atoms with van der Waals surface area (Å²) in [6.45, 7) is 5.03. The lowest BCUT2D eigenvalue weighted by Gasteiger charge is -2.14. The maximum Gasteiger partial charge on any atom is 0.434 e. The molecule has 0 aliphatic heterocycles. The zero-order valence-electron chi connectivity index (χ0n) is 16.0. The second kappa shape index (κ2) is 7.90. The standard InChI is InChI=1S/C19H19ClF3N5O/c1-11(2)18-15(8-24-28(18)14-6-4-13(20)5-7-14)26-17(29)10-27-9-16(19(21,22)23)25-12(27)3/h4-9,11H,10H2,1-3H3,(H,26,29). The molecule has 29 heavy (non-hydrogen) atoms. The lowest BCUT2D eigenvalue weighted by Crippen LogP contribution is -2.20. The maximum absolute atomic E-state index is 12.8. The molecule has 0 unspecified atom stereocenters. The summed E-state index contributed by atoms with van der Waals surface area (Å²) in [6, 6.07) is 7.09. The summed E-state index contributed by atoms with van der Waals surface area (Å²) in [5.74, 6) is -0.347. The van der Waals surface area contributed by atoms with E-state index in [4.69, 9.17) is 11.6 Å². The van der Waals surface area contributed by atoms with Crippen LogP contribution in [-0.2, 0) is 17.5 Å². The Labute approximate surface area is 170 Å². The molecule has 6 nitrogen and oxygen atoms in total. The van der Waals surface area contributed by atoms with Gasteiger partial charge in [0.25, 0.3) is 0 Å². The number of hydrogen-bond donors (Lipinski definition) is 1. The van der Waals surface area contributed by atoms with E-state index in [1.165, 1.54) is 13.1 Å². The number of rotatable bonds is 5. The third kappa shape index (κ3) is 4.61. The third-order valence-electron chi connectivity index (χ3n) is 4.28. The number of aryl methyl sites for hydroxylation is 1. The molecule has 10 heteroatoms. The van der Waals surface area contributed by atoms with E-state index in [0.29, 0.717) is 10.7 Å². The lowest BCUT2D eigenvalue weighted by molar-refractivity contribution is -0.141. The number of carbonyl (C=O) groups excluding carboxylic acids is 1. The number of anilines is 1. The molecule has 2 aromatic heterocycles. The topological polar surface area (TPSA) is 64.7 Å². The number of nitrogens with one attached hydrogen (secondary N) is 1. The number of carbonyl (C=O) groups is 1. The van der Waals surface area contributed by atoms with E-state index in [9.17, 15) is 18.0 Å². The predicted octanol–water partition coefficient (Wildman–Crippen LogP) is 4.81. The van der Waals surface area contributed by atoms with Crippen LogP contribution < -0.4 is 5.32 Å². The van der Waals surface area contributed by atoms with Gasteiger partial charge in [-0.05, 0) is 37.1 Å². The van der Waals surface area contributed by atoms with Crippen molar-refractivity contribution in [3.63, 3.8) is 0 Å². The zero-order valence-corrected chi connectivity index (χ0v) is 16.7. The van der Waals surface area contributed by atoms with Crippen LogP contribution in [0.5, 0.6) is 0 Å². The molecule has 3 aromatic rings. The molecule has 0 radical (unpaired) electrons. The van der Waals surface area contributed by atoms with Crippen LogP contribution in [0.2, 0.25) is 5.02 Å². The summed E-state index contributed by atoms with van der Waals surface area (Å²) in [5, 5.41) is 7.67. The monoisotopic (exact) mass is 425 g/mol. The molecule has 0 aliphatic carbocycles. The van der Waals surface area contributed by atoms with Gasteiger partial charge < -0.3 is 9.88 Å². The highest BCUT2D eigenvalue weighted by atomic mass is 35.5. The maximum atomic E-state index is 12.8. The van der Waals surface area contributed by atoms with Crippen LogP contribution in [0.1, 0.15) is 37.0 Å². The highest BCUT2D eigenvalue weighted by Crippen LogP contribution is 2.29. The average Bonchev–Trinajstić information content (AvgIpc) is 3.19. The van der Waals surface area contributed by atoms with E-state index in [0.717, 1.165) is 22.1 Å². The minimum absolute atomic E-state index is 0.0234. The Hall–Kier alpha value is -2.81. The van der Waals surface area contributed by atoms with Gasteiger partial charge in [0.15, 0.2) is 5.69 Å². The van der Waals surface area contributed by atoms with Crippen LogP contribution in [0, 0.1) is 6.92 Å². The van der Waals surface area contributed by atoms with E-state index >= 15 is 0 Å². The van der Waals surface area contributed by atoms with Gasteiger partial charge in [-0.25, -0.2) is 9.67 Å². The van der Waals surface area contributed by atoms with Crippen molar-refractivity contribution in [2.45, 2.75) is 39.4 Å². The van der Waals surface area contributed by atoms with Gasteiger partial charge in [0, 0.05) is 11.2 Å². The number of alkyl halides is 3. The summed E-state index contributed by atoms with van der Waals surface area (Å²) in [7, 11) is 0. The minimum Gasteiger partial charge on any atom is -0.325 e. The highest BCUT2D eigenvalue weighted by molar-refractivity contribution is 6.30. The van der Waals surface area contributed by atoms with Crippen LogP contribution in [-0.4, -0.2) is 25.2 Å². The first-order valence-electron chi connectivity index (χ1n) is 8.81. The number of nitrogens with zero attached hydrogens (tertiary/aromatic N) is 4. The van der Waals surface area contributed by atoms with Crippen molar-refractivity contribution in [2.75, 3.05) is 5.32 Å². The Bertz CT molecular complexity index is 1020. The zero-order chi connectivity index (χ0) is 21.3. The van der Waals surface area contributed by atoms with Gasteiger partial charge in [-0.15, -0.1) is 0 Å². The van der Waals surface area contributed by atoms with Gasteiger partial charge >= 0.3 is 6.18 Å². The molecule has 1 N–H and O–H groups in total. The van der Waals surface area contributed by atoms with Crippen molar-refractivity contribution in [2.24, 2.45) is 0 Å². The summed E-state index contributed by atoms with van der Waals surface area (Å²) in [6.07, 6.45) is -2.21. The van der Waals surface area contributed by atoms with Crippen LogP contribution >= 0.6 is 11.6 Å². The largest absolute Gasteiger partial charge is 0.434 e. The fourth-order valence-corrected chi connectivity index (χ4v) is 3.07. The van der Waals surface area contributed by atoms with E-state index in [2.05, 4.69) is 15.4 Å². The molecule has 0 saturated carbocycles. The number of imidazole rings is 1. The summed E-state index contributed by atoms with van der Waals surface area (Å²) in [4.78, 5) is 15.9. The minimum atomic E-state index is -4.56.